The van der Waals surface area contributed by atoms with Crippen molar-refractivity contribution >= 4 is 21.8 Å². The third-order valence-corrected chi connectivity index (χ3v) is 18.7. The topological polar surface area (TPSA) is 4.93 Å². The summed E-state index contributed by atoms with van der Waals surface area (Å²) in [5.74, 6) is 5.56. The minimum Gasteiger partial charge on any atom is -0.309 e. The largest absolute Gasteiger partial charge is 0.309 e. The minimum atomic E-state index is -0.105. The Morgan fingerprint density at radius 2 is 0.803 bits per heavy atom. The molecule has 17 rings (SSSR count). The second kappa shape index (κ2) is 12.2. The van der Waals surface area contributed by atoms with Gasteiger partial charge in [0.25, 0.3) is 0 Å². The smallest absolute Gasteiger partial charge is 0.0544 e. The Morgan fingerprint density at radius 3 is 1.44 bits per heavy atom. The zero-order chi connectivity index (χ0) is 43.3. The van der Waals surface area contributed by atoms with E-state index >= 15 is 0 Å². The quantitative estimate of drug-likeness (QED) is 0.151. The molecule has 0 aliphatic heterocycles. The Kier molecular flexibility index (Phi) is 6.64. The van der Waals surface area contributed by atoms with Gasteiger partial charge in [-0.15, -0.1) is 0 Å². The average molecular weight is 842 g/mol. The first-order valence-corrected chi connectivity index (χ1v) is 24.2. The van der Waals surface area contributed by atoms with E-state index in [0.29, 0.717) is 10.8 Å². The molecule has 0 N–H and O–H groups in total. The number of rotatable bonds is 7. The van der Waals surface area contributed by atoms with Crippen LogP contribution in [0.25, 0.3) is 83.1 Å². The molecule has 0 bridgehead atoms. The molecule has 0 radical (unpaired) electrons. The number of aromatic nitrogens is 1. The third-order valence-electron chi connectivity index (χ3n) is 18.7. The van der Waals surface area contributed by atoms with Crippen LogP contribution in [-0.4, -0.2) is 4.57 Å². The first-order valence-electron chi connectivity index (χ1n) is 24.2. The minimum absolute atomic E-state index is 0.105. The van der Waals surface area contributed by atoms with Crippen LogP contribution in [0.3, 0.4) is 0 Å². The van der Waals surface area contributed by atoms with Crippen molar-refractivity contribution in [3.05, 3.63) is 235 Å². The zero-order valence-corrected chi connectivity index (χ0v) is 37.1. The predicted octanol–water partition coefficient (Wildman–Crippen LogP) is 15.7. The van der Waals surface area contributed by atoms with Crippen LogP contribution in [0.4, 0.5) is 0 Å². The van der Waals surface area contributed by atoms with Crippen molar-refractivity contribution in [3.63, 3.8) is 0 Å². The van der Waals surface area contributed by atoms with E-state index in [9.17, 15) is 0 Å². The summed E-state index contributed by atoms with van der Waals surface area (Å²) in [5, 5.41) is 2.60. The summed E-state index contributed by atoms with van der Waals surface area (Å²) < 4.78 is 2.54. The Bertz CT molecular complexity index is 3590. The summed E-state index contributed by atoms with van der Waals surface area (Å²) in [7, 11) is 0. The molecule has 312 valence electrons. The predicted molar refractivity (Wildman–Crippen MR) is 271 cm³/mol. The van der Waals surface area contributed by atoms with Crippen LogP contribution in [0, 0.1) is 35.5 Å². The molecule has 7 aliphatic carbocycles. The van der Waals surface area contributed by atoms with Crippen LogP contribution in [0.5, 0.6) is 0 Å². The van der Waals surface area contributed by atoms with Crippen molar-refractivity contribution < 1.29 is 0 Å². The lowest BCUT2D eigenvalue weighted by Crippen LogP contribution is -3.12. The molecule has 9 aromatic carbocycles. The van der Waals surface area contributed by atoms with E-state index in [-0.39, 0.29) is 5.41 Å². The molecule has 6 saturated carbocycles. The first-order chi connectivity index (χ1) is 32.5. The maximum Gasteiger partial charge on any atom is 0.0544 e. The maximum absolute atomic E-state index is 2.54. The van der Waals surface area contributed by atoms with E-state index in [1.807, 2.05) is 0 Å². The molecule has 66 heavy (non-hydrogen) atoms. The molecule has 1 aromatic heterocycles. The van der Waals surface area contributed by atoms with Gasteiger partial charge in [-0.2, -0.15) is 0 Å². The van der Waals surface area contributed by atoms with Crippen LogP contribution < -0.4 is 0 Å². The van der Waals surface area contributed by atoms with Crippen LogP contribution in [-0.2, 0) is 16.2 Å². The Labute approximate surface area is 386 Å². The van der Waals surface area contributed by atoms with Gasteiger partial charge in [0, 0.05) is 32.7 Å². The van der Waals surface area contributed by atoms with E-state index in [2.05, 4.69) is 231 Å². The fourth-order valence-corrected chi connectivity index (χ4v) is 16.2. The lowest BCUT2D eigenvalue weighted by atomic mass is 8.91. The SMILES string of the molecule is CC1(C)c2ccccc2-c2cc3c4cc(-c5ccc(C67C8C9C6C6C7C8C96c6ccccc6)cc5)ccc4n(-c4cccc(-c5cc(-c6ccccc6)cc(-c6ccccc6)c5)c4)c3cc21. The summed E-state index contributed by atoms with van der Waals surface area (Å²) >= 11 is 0. The van der Waals surface area contributed by atoms with Gasteiger partial charge in [0.05, 0.1) is 11.0 Å². The molecule has 0 amide bonds. The molecule has 0 unspecified atom stereocenters. The highest BCUT2D eigenvalue weighted by molar-refractivity contribution is 6.13. The van der Waals surface area contributed by atoms with Crippen LogP contribution in [0.2, 0.25) is 0 Å². The van der Waals surface area contributed by atoms with Crippen LogP contribution in [0.1, 0.15) is 36.1 Å². The average Bonchev–Trinajstić information content (AvgIpc) is 3.83. The molecule has 1 heterocycles. The van der Waals surface area contributed by atoms with Crippen LogP contribution >= 0.6 is 0 Å². The van der Waals surface area contributed by atoms with Crippen molar-refractivity contribution in [1.29, 1.82) is 0 Å². The van der Waals surface area contributed by atoms with Gasteiger partial charge in [-0.05, 0) is 168 Å². The van der Waals surface area contributed by atoms with Gasteiger partial charge in [-0.3, -0.25) is 0 Å². The summed E-state index contributed by atoms with van der Waals surface area (Å²) in [6, 6.07) is 80.7. The summed E-state index contributed by atoms with van der Waals surface area (Å²) in [6.07, 6.45) is 0. The van der Waals surface area contributed by atoms with Crippen LogP contribution in [0.15, 0.2) is 212 Å². The number of hydrogen-bond donors (Lipinski definition) is 0. The summed E-state index contributed by atoms with van der Waals surface area (Å²) in [5.41, 5.74) is 23.3. The number of fused-ring (bicyclic) bond motifs is 6. The second-order valence-electron chi connectivity index (χ2n) is 21.2. The van der Waals surface area contributed by atoms with Crippen molar-refractivity contribution in [2.75, 3.05) is 0 Å². The molecular weight excluding hydrogens is 795 g/mol. The molecular formula is C65H47N. The molecule has 0 saturated heterocycles. The number of benzene rings is 9. The zero-order valence-electron chi connectivity index (χ0n) is 37.1. The number of nitrogens with zero attached hydrogens (tertiary/aromatic N) is 1. The first kappa shape index (κ1) is 36.1. The van der Waals surface area contributed by atoms with Gasteiger partial charge in [0.1, 0.15) is 0 Å². The second-order valence-corrected chi connectivity index (χ2v) is 21.2. The fraction of sp³-hybridized carbons (Fsp3) is 0.169. The summed E-state index contributed by atoms with van der Waals surface area (Å²) in [6.45, 7) is 4.79. The Hall–Kier alpha value is -7.22. The van der Waals surface area contributed by atoms with Crippen molar-refractivity contribution in [1.82, 2.24) is 4.57 Å². The molecule has 7 aliphatic rings. The fourth-order valence-electron chi connectivity index (χ4n) is 16.2. The van der Waals surface area contributed by atoms with E-state index < -0.39 is 0 Å². The molecule has 6 fully saturated rings. The lowest BCUT2D eigenvalue weighted by Gasteiger charge is -3.12. The summed E-state index contributed by atoms with van der Waals surface area (Å²) in [4.78, 5) is 0. The Morgan fingerprint density at radius 1 is 0.318 bits per heavy atom. The molecule has 10 aromatic rings. The highest BCUT2D eigenvalue weighted by Gasteiger charge is 3.09. The van der Waals surface area contributed by atoms with E-state index in [0.717, 1.165) is 35.5 Å². The van der Waals surface area contributed by atoms with Crippen molar-refractivity contribution in [2.24, 2.45) is 35.5 Å². The van der Waals surface area contributed by atoms with Crippen molar-refractivity contribution in [2.45, 2.75) is 30.1 Å². The van der Waals surface area contributed by atoms with E-state index in [4.69, 9.17) is 0 Å². The van der Waals surface area contributed by atoms with Gasteiger partial charge in [-0.25, -0.2) is 0 Å². The van der Waals surface area contributed by atoms with Gasteiger partial charge in [0.2, 0.25) is 0 Å². The highest BCUT2D eigenvalue weighted by atomic mass is 15.1. The van der Waals surface area contributed by atoms with Gasteiger partial charge >= 0.3 is 0 Å². The highest BCUT2D eigenvalue weighted by Crippen LogP contribution is 3.09. The van der Waals surface area contributed by atoms with E-state index in [1.54, 1.807) is 11.1 Å². The third kappa shape index (κ3) is 4.05. The number of hydrogen-bond acceptors (Lipinski definition) is 0. The maximum atomic E-state index is 2.54. The van der Waals surface area contributed by atoms with Gasteiger partial charge in [0.15, 0.2) is 0 Å². The standard InChI is InChI=1S/C65H47N/c1-63(2)53-24-13-12-23-49(53)50-36-52-51-35-42(40-25-28-47(29-26-40)65-60-57-61(65)59-62(65)58(60)64(57,59)46-20-10-5-11-21-46)27-30-55(51)66(56(52)37-54(50)63)48-22-14-19-41(34-48)45-32-43(38-15-6-3-7-16-38)31-44(33-45)39-17-8-4-9-18-39/h3-37,57-62H,1-2H3. The lowest BCUT2D eigenvalue weighted by molar-refractivity contribution is -0.596. The molecule has 0 spiro atoms. The van der Waals surface area contributed by atoms with E-state index in [1.165, 1.54) is 94.3 Å². The van der Waals surface area contributed by atoms with Crippen molar-refractivity contribution in [3.8, 4) is 61.3 Å². The Balaban J connectivity index is 0.820. The normalized spacial score (nSPS) is 26.9. The van der Waals surface area contributed by atoms with Gasteiger partial charge in [-0.1, -0.05) is 172 Å². The van der Waals surface area contributed by atoms with Gasteiger partial charge < -0.3 is 4.57 Å². The molecule has 1 heteroatoms. The monoisotopic (exact) mass is 841 g/mol. The molecule has 1 nitrogen and oxygen atoms in total. The molecule has 0 atom stereocenters.